The van der Waals surface area contributed by atoms with Crippen molar-refractivity contribution in [3.63, 3.8) is 0 Å². The van der Waals surface area contributed by atoms with Crippen LogP contribution in [-0.2, 0) is 6.54 Å². The van der Waals surface area contributed by atoms with Gasteiger partial charge in [-0.1, -0.05) is 42.5 Å². The first-order chi connectivity index (χ1) is 12.7. The molecule has 5 nitrogen and oxygen atoms in total. The van der Waals surface area contributed by atoms with E-state index in [1.54, 1.807) is 11.7 Å². The summed E-state index contributed by atoms with van der Waals surface area (Å²) in [5.41, 5.74) is 3.99. The summed E-state index contributed by atoms with van der Waals surface area (Å²) in [6.45, 7) is 0.376. The standard InChI is InChI=1S/C20H17N3O2S/c1-25-15-9-5-6-13(10-15)12-23-19(24)18-17(22-20(23)26)16(11-21-18)14-7-3-2-4-8-14/h2-11,21H,12H2,1H3,(H,22,26). The first kappa shape index (κ1) is 16.4. The van der Waals surface area contributed by atoms with Gasteiger partial charge in [-0.3, -0.25) is 9.36 Å². The Morgan fingerprint density at radius 2 is 1.88 bits per heavy atom. The van der Waals surface area contributed by atoms with Crippen molar-refractivity contribution in [1.29, 1.82) is 0 Å². The lowest BCUT2D eigenvalue weighted by atomic mass is 10.1. The van der Waals surface area contributed by atoms with E-state index >= 15 is 0 Å². The maximum atomic E-state index is 13.0. The molecule has 2 heterocycles. The monoisotopic (exact) mass is 363 g/mol. The number of H-pyrrole nitrogens is 2. The Morgan fingerprint density at radius 1 is 1.08 bits per heavy atom. The lowest BCUT2D eigenvalue weighted by molar-refractivity contribution is 0.414. The Balaban J connectivity index is 1.83. The molecule has 26 heavy (non-hydrogen) atoms. The zero-order valence-electron chi connectivity index (χ0n) is 14.2. The van der Waals surface area contributed by atoms with E-state index in [1.165, 1.54) is 0 Å². The maximum Gasteiger partial charge on any atom is 0.278 e. The van der Waals surface area contributed by atoms with Crippen LogP contribution in [0.4, 0.5) is 0 Å². The van der Waals surface area contributed by atoms with E-state index in [4.69, 9.17) is 17.0 Å². The minimum Gasteiger partial charge on any atom is -0.497 e. The predicted octanol–water partition coefficient (Wildman–Crippen LogP) is 4.11. The fraction of sp³-hybridized carbons (Fsp3) is 0.100. The van der Waals surface area contributed by atoms with Crippen LogP contribution >= 0.6 is 12.2 Å². The van der Waals surface area contributed by atoms with Gasteiger partial charge in [-0.05, 0) is 35.5 Å². The molecule has 0 saturated carbocycles. The highest BCUT2D eigenvalue weighted by atomic mass is 32.1. The van der Waals surface area contributed by atoms with Crippen molar-refractivity contribution >= 4 is 23.3 Å². The van der Waals surface area contributed by atoms with Crippen molar-refractivity contribution in [2.45, 2.75) is 6.54 Å². The van der Waals surface area contributed by atoms with Gasteiger partial charge in [0.25, 0.3) is 5.56 Å². The van der Waals surface area contributed by atoms with Crippen molar-refractivity contribution in [2.24, 2.45) is 0 Å². The quantitative estimate of drug-likeness (QED) is 0.536. The number of aromatic amines is 2. The molecule has 0 unspecified atom stereocenters. The molecule has 4 aromatic rings. The van der Waals surface area contributed by atoms with Gasteiger partial charge >= 0.3 is 0 Å². The summed E-state index contributed by atoms with van der Waals surface area (Å²) in [7, 11) is 1.62. The van der Waals surface area contributed by atoms with Gasteiger partial charge in [-0.15, -0.1) is 0 Å². The van der Waals surface area contributed by atoms with Gasteiger partial charge < -0.3 is 14.7 Å². The first-order valence-electron chi connectivity index (χ1n) is 8.20. The van der Waals surface area contributed by atoms with E-state index in [0.717, 1.165) is 28.0 Å². The SMILES string of the molecule is COc1cccc(Cn2c(=S)[nH]c3c(-c4ccccc4)c[nH]c3c2=O)c1. The topological polar surface area (TPSA) is 62.8 Å². The predicted molar refractivity (Wildman–Crippen MR) is 105 cm³/mol. The Hall–Kier alpha value is -3.12. The zero-order chi connectivity index (χ0) is 18.1. The first-order valence-corrected chi connectivity index (χ1v) is 8.61. The lowest BCUT2D eigenvalue weighted by Gasteiger charge is -2.08. The molecule has 0 atom stereocenters. The van der Waals surface area contributed by atoms with Gasteiger partial charge in [0.05, 0.1) is 19.2 Å². The van der Waals surface area contributed by atoms with Crippen molar-refractivity contribution in [3.05, 3.63) is 81.5 Å². The third-order valence-electron chi connectivity index (χ3n) is 4.38. The molecule has 2 aromatic heterocycles. The molecule has 0 fully saturated rings. The number of methoxy groups -OCH3 is 1. The summed E-state index contributed by atoms with van der Waals surface area (Å²) in [6.07, 6.45) is 1.84. The van der Waals surface area contributed by atoms with Gasteiger partial charge in [0, 0.05) is 11.8 Å². The van der Waals surface area contributed by atoms with Gasteiger partial charge in [-0.2, -0.15) is 0 Å². The highest BCUT2D eigenvalue weighted by molar-refractivity contribution is 7.71. The molecule has 2 aromatic carbocycles. The average molecular weight is 363 g/mol. The summed E-state index contributed by atoms with van der Waals surface area (Å²) in [6, 6.07) is 17.5. The molecule has 4 rings (SSSR count). The minimum absolute atomic E-state index is 0.145. The number of benzene rings is 2. The lowest BCUT2D eigenvalue weighted by Crippen LogP contribution is -2.22. The van der Waals surface area contributed by atoms with Crippen molar-refractivity contribution in [2.75, 3.05) is 7.11 Å². The highest BCUT2D eigenvalue weighted by Gasteiger charge is 2.13. The van der Waals surface area contributed by atoms with Crippen molar-refractivity contribution in [3.8, 4) is 16.9 Å². The summed E-state index contributed by atoms with van der Waals surface area (Å²) in [5.74, 6) is 0.748. The van der Waals surface area contributed by atoms with Gasteiger partial charge in [0.2, 0.25) is 0 Å². The number of nitrogens with zero attached hydrogens (tertiary/aromatic N) is 1. The molecule has 0 saturated heterocycles. The van der Waals surface area contributed by atoms with Crippen molar-refractivity contribution in [1.82, 2.24) is 14.5 Å². The molecule has 0 radical (unpaired) electrons. The highest BCUT2D eigenvalue weighted by Crippen LogP contribution is 2.25. The molecule has 0 spiro atoms. The van der Waals surface area contributed by atoms with E-state index in [9.17, 15) is 4.79 Å². The number of hydrogen-bond acceptors (Lipinski definition) is 3. The van der Waals surface area contributed by atoms with Crippen LogP contribution in [0.25, 0.3) is 22.2 Å². The fourth-order valence-corrected chi connectivity index (χ4v) is 3.32. The molecule has 6 heteroatoms. The molecular formula is C20H17N3O2S. The largest absolute Gasteiger partial charge is 0.497 e. The van der Waals surface area contributed by atoms with E-state index < -0.39 is 0 Å². The fourth-order valence-electron chi connectivity index (χ4n) is 3.07. The van der Waals surface area contributed by atoms with E-state index in [0.29, 0.717) is 16.8 Å². The average Bonchev–Trinajstić information content (AvgIpc) is 3.10. The molecule has 2 N–H and O–H groups in total. The molecule has 0 amide bonds. The van der Waals surface area contributed by atoms with Crippen LogP contribution in [0, 0.1) is 4.77 Å². The second-order valence-corrected chi connectivity index (χ2v) is 6.38. The Morgan fingerprint density at radius 3 is 2.65 bits per heavy atom. The number of fused-ring (bicyclic) bond motifs is 1. The Kier molecular flexibility index (Phi) is 4.18. The van der Waals surface area contributed by atoms with Gasteiger partial charge in [0.1, 0.15) is 11.3 Å². The molecule has 0 aliphatic carbocycles. The second-order valence-electron chi connectivity index (χ2n) is 5.99. The maximum absolute atomic E-state index is 13.0. The van der Waals surface area contributed by atoms with Crippen LogP contribution in [0.15, 0.2) is 65.6 Å². The van der Waals surface area contributed by atoms with Crippen molar-refractivity contribution < 1.29 is 4.74 Å². The Bertz CT molecular complexity index is 1190. The Labute approximate surface area is 154 Å². The van der Waals surface area contributed by atoms with E-state index in [2.05, 4.69) is 9.97 Å². The molecule has 0 aliphatic rings. The normalized spacial score (nSPS) is 11.0. The molecule has 0 aliphatic heterocycles. The summed E-state index contributed by atoms with van der Waals surface area (Å²) in [5, 5.41) is 0. The van der Waals surface area contributed by atoms with Crippen LogP contribution < -0.4 is 10.3 Å². The van der Waals surface area contributed by atoms with Crippen LogP contribution in [0.5, 0.6) is 5.75 Å². The van der Waals surface area contributed by atoms with Gasteiger partial charge in [-0.25, -0.2) is 0 Å². The van der Waals surface area contributed by atoms with Crippen LogP contribution in [0.1, 0.15) is 5.56 Å². The third-order valence-corrected chi connectivity index (χ3v) is 4.70. The number of nitrogens with one attached hydrogen (secondary N) is 2. The van der Waals surface area contributed by atoms with E-state index in [-0.39, 0.29) is 5.56 Å². The zero-order valence-corrected chi connectivity index (χ0v) is 15.0. The van der Waals surface area contributed by atoms with E-state index in [1.807, 2.05) is 60.8 Å². The van der Waals surface area contributed by atoms with Gasteiger partial charge in [0.15, 0.2) is 4.77 Å². The second kappa shape index (κ2) is 6.65. The molecular weight excluding hydrogens is 346 g/mol. The van der Waals surface area contributed by atoms with Crippen LogP contribution in [-0.4, -0.2) is 21.6 Å². The summed E-state index contributed by atoms with van der Waals surface area (Å²) < 4.78 is 7.19. The van der Waals surface area contributed by atoms with Crippen LogP contribution in [0.3, 0.4) is 0 Å². The summed E-state index contributed by atoms with van der Waals surface area (Å²) >= 11 is 5.47. The molecule has 130 valence electrons. The number of ether oxygens (including phenoxy) is 1. The van der Waals surface area contributed by atoms with Crippen LogP contribution in [0.2, 0.25) is 0 Å². The summed E-state index contributed by atoms with van der Waals surface area (Å²) in [4.78, 5) is 19.3. The third kappa shape index (κ3) is 2.84. The smallest absolute Gasteiger partial charge is 0.278 e. The minimum atomic E-state index is -0.145. The number of aromatic nitrogens is 3. The number of hydrogen-bond donors (Lipinski definition) is 2. The molecule has 0 bridgehead atoms. The number of rotatable bonds is 4.